The molecule has 0 saturated heterocycles. The number of hydrogen-bond acceptors (Lipinski definition) is 0. The molecular formula is C14H10Cl2F2. The van der Waals surface area contributed by atoms with Crippen LogP contribution in [0.3, 0.4) is 0 Å². The molecule has 0 nitrogen and oxygen atoms in total. The van der Waals surface area contributed by atoms with E-state index in [2.05, 4.69) is 0 Å². The topological polar surface area (TPSA) is 0 Å². The van der Waals surface area contributed by atoms with E-state index in [-0.39, 0.29) is 5.38 Å². The molecule has 0 fully saturated rings. The van der Waals surface area contributed by atoms with Crippen molar-refractivity contribution in [2.75, 3.05) is 0 Å². The van der Waals surface area contributed by atoms with Crippen LogP contribution >= 0.6 is 23.2 Å². The summed E-state index contributed by atoms with van der Waals surface area (Å²) < 4.78 is 26.2. The van der Waals surface area contributed by atoms with Crippen molar-refractivity contribution in [3.63, 3.8) is 0 Å². The third kappa shape index (κ3) is 3.21. The molecule has 0 radical (unpaired) electrons. The highest BCUT2D eigenvalue weighted by Crippen LogP contribution is 2.27. The van der Waals surface area contributed by atoms with Gasteiger partial charge in [0, 0.05) is 11.1 Å². The van der Waals surface area contributed by atoms with Crippen molar-refractivity contribution in [1.29, 1.82) is 0 Å². The lowest BCUT2D eigenvalue weighted by molar-refractivity contribution is 0.570. The number of hydrogen-bond donors (Lipinski definition) is 0. The lowest BCUT2D eigenvalue weighted by Gasteiger charge is -2.10. The van der Waals surface area contributed by atoms with Gasteiger partial charge in [0.15, 0.2) is 0 Å². The van der Waals surface area contributed by atoms with Gasteiger partial charge in [-0.2, -0.15) is 0 Å². The van der Waals surface area contributed by atoms with Crippen molar-refractivity contribution in [2.45, 2.75) is 11.8 Å². The van der Waals surface area contributed by atoms with Gasteiger partial charge >= 0.3 is 0 Å². The fourth-order valence-corrected chi connectivity index (χ4v) is 2.11. The Morgan fingerprint density at radius 2 is 1.67 bits per heavy atom. The lowest BCUT2D eigenvalue weighted by atomic mass is 10.0. The molecule has 0 aliphatic rings. The average molecular weight is 287 g/mol. The molecule has 1 atom stereocenters. The highest BCUT2D eigenvalue weighted by molar-refractivity contribution is 6.30. The Balaban J connectivity index is 2.15. The van der Waals surface area contributed by atoms with Gasteiger partial charge in [-0.15, -0.1) is 11.6 Å². The van der Waals surface area contributed by atoms with Gasteiger partial charge in [0.1, 0.15) is 11.6 Å². The van der Waals surface area contributed by atoms with Crippen molar-refractivity contribution < 1.29 is 8.78 Å². The first kappa shape index (κ1) is 13.3. The van der Waals surface area contributed by atoms with Crippen molar-refractivity contribution in [1.82, 2.24) is 0 Å². The van der Waals surface area contributed by atoms with Crippen LogP contribution in [0.2, 0.25) is 5.02 Å². The van der Waals surface area contributed by atoms with Crippen LogP contribution in [0.4, 0.5) is 8.78 Å². The van der Waals surface area contributed by atoms with Crippen molar-refractivity contribution in [3.05, 3.63) is 70.2 Å². The maximum absolute atomic E-state index is 13.5. The second kappa shape index (κ2) is 5.68. The highest BCUT2D eigenvalue weighted by atomic mass is 35.5. The first-order valence-corrected chi connectivity index (χ1v) is 6.21. The lowest BCUT2D eigenvalue weighted by Crippen LogP contribution is -1.99. The molecule has 0 aromatic heterocycles. The zero-order valence-electron chi connectivity index (χ0n) is 9.34. The summed E-state index contributed by atoms with van der Waals surface area (Å²) in [7, 11) is 0. The molecule has 4 heteroatoms. The average Bonchev–Trinajstić information content (AvgIpc) is 2.33. The molecule has 0 spiro atoms. The molecule has 0 aliphatic carbocycles. The summed E-state index contributed by atoms with van der Waals surface area (Å²) in [5, 5.41) is 0.248. The highest BCUT2D eigenvalue weighted by Gasteiger charge is 2.12. The summed E-state index contributed by atoms with van der Waals surface area (Å²) in [6.07, 6.45) is 0.301. The Hall–Kier alpha value is -1.12. The van der Waals surface area contributed by atoms with Crippen LogP contribution in [-0.4, -0.2) is 0 Å². The molecule has 1 unspecified atom stereocenters. The van der Waals surface area contributed by atoms with E-state index in [0.717, 1.165) is 11.6 Å². The minimum Gasteiger partial charge on any atom is -0.207 e. The van der Waals surface area contributed by atoms with E-state index in [0.29, 0.717) is 17.0 Å². The summed E-state index contributed by atoms with van der Waals surface area (Å²) >= 11 is 12.0. The first-order chi connectivity index (χ1) is 8.56. The molecule has 2 aromatic carbocycles. The molecular weight excluding hydrogens is 277 g/mol. The second-order valence-electron chi connectivity index (χ2n) is 3.96. The Kier molecular flexibility index (Phi) is 4.20. The SMILES string of the molecule is Fc1ccc(CC(Cl)c2ccc(Cl)cc2)c(F)c1. The molecule has 0 aliphatic heterocycles. The zero-order valence-corrected chi connectivity index (χ0v) is 10.8. The third-order valence-electron chi connectivity index (χ3n) is 2.65. The Labute approximate surface area is 114 Å². The molecule has 2 rings (SSSR count). The number of rotatable bonds is 3. The second-order valence-corrected chi connectivity index (χ2v) is 4.92. The van der Waals surface area contributed by atoms with Crippen LogP contribution in [-0.2, 0) is 6.42 Å². The monoisotopic (exact) mass is 286 g/mol. The quantitative estimate of drug-likeness (QED) is 0.685. The van der Waals surface area contributed by atoms with Crippen LogP contribution in [0.25, 0.3) is 0 Å². The Morgan fingerprint density at radius 3 is 2.28 bits per heavy atom. The summed E-state index contributed by atoms with van der Waals surface area (Å²) in [6.45, 7) is 0. The van der Waals surface area contributed by atoms with Crippen LogP contribution in [0, 0.1) is 11.6 Å². The fraction of sp³-hybridized carbons (Fsp3) is 0.143. The normalized spacial score (nSPS) is 12.4. The molecule has 0 saturated carbocycles. The molecule has 18 heavy (non-hydrogen) atoms. The maximum atomic E-state index is 13.5. The summed E-state index contributed by atoms with van der Waals surface area (Å²) in [5.74, 6) is -1.16. The predicted molar refractivity (Wildman–Crippen MR) is 70.1 cm³/mol. The van der Waals surface area contributed by atoms with E-state index in [1.807, 2.05) is 0 Å². The van der Waals surface area contributed by atoms with Gasteiger partial charge in [0.05, 0.1) is 5.38 Å². The molecule has 0 bridgehead atoms. The van der Waals surface area contributed by atoms with Crippen LogP contribution in [0.1, 0.15) is 16.5 Å². The molecule has 2 aromatic rings. The van der Waals surface area contributed by atoms with Crippen LogP contribution < -0.4 is 0 Å². The van der Waals surface area contributed by atoms with E-state index in [9.17, 15) is 8.78 Å². The Bertz CT molecular complexity index is 538. The number of halogens is 4. The maximum Gasteiger partial charge on any atom is 0.129 e. The van der Waals surface area contributed by atoms with E-state index < -0.39 is 11.6 Å². The summed E-state index contributed by atoms with van der Waals surface area (Å²) in [4.78, 5) is 0. The minimum absolute atomic E-state index is 0.301. The molecule has 0 heterocycles. The van der Waals surface area contributed by atoms with Gasteiger partial charge in [-0.1, -0.05) is 29.8 Å². The molecule has 0 N–H and O–H groups in total. The Morgan fingerprint density at radius 1 is 1.00 bits per heavy atom. The van der Waals surface area contributed by atoms with Crippen molar-refractivity contribution in [3.8, 4) is 0 Å². The third-order valence-corrected chi connectivity index (χ3v) is 3.30. The van der Waals surface area contributed by atoms with Gasteiger partial charge in [0.2, 0.25) is 0 Å². The van der Waals surface area contributed by atoms with Gasteiger partial charge < -0.3 is 0 Å². The van der Waals surface area contributed by atoms with E-state index in [1.165, 1.54) is 12.1 Å². The fourth-order valence-electron chi connectivity index (χ4n) is 1.67. The van der Waals surface area contributed by atoms with Crippen LogP contribution in [0.5, 0.6) is 0 Å². The standard InChI is InChI=1S/C14H10Cl2F2/c15-11-4-1-9(2-5-11)13(16)7-10-3-6-12(17)8-14(10)18/h1-6,8,13H,7H2. The van der Waals surface area contributed by atoms with Crippen LogP contribution in [0.15, 0.2) is 42.5 Å². The zero-order chi connectivity index (χ0) is 13.1. The van der Waals surface area contributed by atoms with E-state index >= 15 is 0 Å². The van der Waals surface area contributed by atoms with Crippen molar-refractivity contribution >= 4 is 23.2 Å². The molecule has 0 amide bonds. The van der Waals surface area contributed by atoms with Gasteiger partial charge in [-0.05, 0) is 35.7 Å². The smallest absolute Gasteiger partial charge is 0.129 e. The van der Waals surface area contributed by atoms with E-state index in [1.54, 1.807) is 24.3 Å². The van der Waals surface area contributed by atoms with Gasteiger partial charge in [0.25, 0.3) is 0 Å². The number of benzene rings is 2. The van der Waals surface area contributed by atoms with Gasteiger partial charge in [-0.3, -0.25) is 0 Å². The van der Waals surface area contributed by atoms with Gasteiger partial charge in [-0.25, -0.2) is 8.78 Å². The summed E-state index contributed by atoms with van der Waals surface area (Å²) in [6, 6.07) is 10.5. The largest absolute Gasteiger partial charge is 0.207 e. The predicted octanol–water partition coefficient (Wildman–Crippen LogP) is 5.14. The number of alkyl halides is 1. The van der Waals surface area contributed by atoms with E-state index in [4.69, 9.17) is 23.2 Å². The first-order valence-electron chi connectivity index (χ1n) is 5.40. The summed E-state index contributed by atoms with van der Waals surface area (Å²) in [5.41, 5.74) is 1.25. The molecule has 94 valence electrons. The minimum atomic E-state index is -0.589. The van der Waals surface area contributed by atoms with Crippen molar-refractivity contribution in [2.24, 2.45) is 0 Å².